The number of rotatable bonds is 1. The predicted octanol–water partition coefficient (Wildman–Crippen LogP) is 1.95. The van der Waals surface area contributed by atoms with Crippen LogP contribution in [0.2, 0.25) is 0 Å². The fourth-order valence-electron chi connectivity index (χ4n) is 0.571. The second-order valence-electron chi connectivity index (χ2n) is 1.90. The minimum atomic E-state index is -1.50. The van der Waals surface area contributed by atoms with Crippen molar-refractivity contribution >= 4 is 22.6 Å². The molecule has 0 atom stereocenters. The number of ether oxygens (including phenoxy) is 1. The normalized spacial score (nSPS) is 8.15. The maximum absolute atomic E-state index is 8.36. The Balaban J connectivity index is 0.000000310. The summed E-state index contributed by atoms with van der Waals surface area (Å²) in [5.41, 5.74) is 0. The molecule has 13 heavy (non-hydrogen) atoms. The van der Waals surface area contributed by atoms with E-state index in [2.05, 4.69) is 22.6 Å². The van der Waals surface area contributed by atoms with Crippen molar-refractivity contribution in [2.24, 2.45) is 0 Å². The first kappa shape index (κ1) is 11.9. The number of hydrogen-bond donors (Lipinski definition) is 1. The Labute approximate surface area is 88.6 Å². The van der Waals surface area contributed by atoms with Gasteiger partial charge in [0.1, 0.15) is 5.75 Å². The van der Waals surface area contributed by atoms with Crippen molar-refractivity contribution in [3.63, 3.8) is 0 Å². The van der Waals surface area contributed by atoms with Crippen LogP contribution in [-0.4, -0.2) is 17.4 Å². The molecule has 0 heterocycles. The highest BCUT2D eigenvalue weighted by Crippen LogP contribution is 2.11. The molecule has 0 saturated heterocycles. The van der Waals surface area contributed by atoms with Crippen LogP contribution < -0.4 is 4.74 Å². The zero-order valence-electron chi connectivity index (χ0n) is 6.81. The Morgan fingerprint density at radius 1 is 1.46 bits per heavy atom. The molecule has 72 valence electrons. The number of hydrogen-bond acceptors (Lipinski definition) is 3. The van der Waals surface area contributed by atoms with Crippen LogP contribution in [0.1, 0.15) is 0 Å². The van der Waals surface area contributed by atoms with Crippen molar-refractivity contribution < 1.29 is 15.0 Å². The van der Waals surface area contributed by atoms with Crippen LogP contribution in [0.5, 0.6) is 5.75 Å². The molecule has 0 bridgehead atoms. The Morgan fingerprint density at radius 3 is 2.15 bits per heavy atom. The summed E-state index contributed by atoms with van der Waals surface area (Å²) in [5.74, 6) is 0.912. The smallest absolute Gasteiger partial charge is 0.291 e. The third-order valence-electron chi connectivity index (χ3n) is 1.05. The fourth-order valence-corrected chi connectivity index (χ4v) is 0.930. The van der Waals surface area contributed by atoms with E-state index < -0.39 is 5.09 Å². The molecule has 0 saturated carbocycles. The summed E-state index contributed by atoms with van der Waals surface area (Å²) >= 11 is 2.26. The van der Waals surface area contributed by atoms with Crippen molar-refractivity contribution in [2.45, 2.75) is 0 Å². The summed E-state index contributed by atoms with van der Waals surface area (Å²) in [7, 11) is 1.67. The van der Waals surface area contributed by atoms with Gasteiger partial charge in [0.05, 0.1) is 7.11 Å². The molecule has 1 N–H and O–H groups in total. The minimum absolute atomic E-state index is 0.912. The van der Waals surface area contributed by atoms with Gasteiger partial charge in [-0.1, -0.05) is 0 Å². The first-order chi connectivity index (χ1) is 6.06. The fraction of sp³-hybridized carbons (Fsp3) is 0.143. The van der Waals surface area contributed by atoms with E-state index in [0.29, 0.717) is 0 Å². The quantitative estimate of drug-likeness (QED) is 0.488. The van der Waals surface area contributed by atoms with Gasteiger partial charge < -0.3 is 9.94 Å². The molecule has 0 amide bonds. The lowest BCUT2D eigenvalue weighted by Crippen LogP contribution is -1.81. The molecule has 1 rings (SSSR count). The number of methoxy groups -OCH3 is 1. The zero-order chi connectivity index (χ0) is 10.3. The van der Waals surface area contributed by atoms with Crippen molar-refractivity contribution in [3.8, 4) is 5.75 Å². The van der Waals surface area contributed by atoms with Gasteiger partial charge in [-0.25, -0.2) is 0 Å². The van der Waals surface area contributed by atoms with Crippen LogP contribution in [0.15, 0.2) is 24.3 Å². The second-order valence-corrected chi connectivity index (χ2v) is 3.14. The Hall–Kier alpha value is -1.05. The summed E-state index contributed by atoms with van der Waals surface area (Å²) < 4.78 is 6.20. The summed E-state index contributed by atoms with van der Waals surface area (Å²) in [5, 5.41) is 13.6. The molecule has 0 radical (unpaired) electrons. The molecule has 0 aliphatic heterocycles. The molecule has 6 heteroatoms. The monoisotopic (exact) mass is 297 g/mol. The highest BCUT2D eigenvalue weighted by Gasteiger charge is 1.86. The molecule has 1 aromatic rings. The first-order valence-corrected chi connectivity index (χ1v) is 4.27. The molecule has 5 nitrogen and oxygen atoms in total. The molecular formula is C7H8INO4. The van der Waals surface area contributed by atoms with Gasteiger partial charge in [-0.2, -0.15) is 0 Å². The first-order valence-electron chi connectivity index (χ1n) is 3.19. The predicted molar refractivity (Wildman–Crippen MR) is 54.5 cm³/mol. The molecule has 0 fully saturated rings. The van der Waals surface area contributed by atoms with E-state index >= 15 is 0 Å². The van der Waals surface area contributed by atoms with E-state index in [0.717, 1.165) is 5.75 Å². The topological polar surface area (TPSA) is 72.6 Å². The third kappa shape index (κ3) is 7.32. The van der Waals surface area contributed by atoms with Crippen molar-refractivity contribution in [1.29, 1.82) is 0 Å². The van der Waals surface area contributed by atoms with Crippen LogP contribution in [-0.2, 0) is 0 Å². The van der Waals surface area contributed by atoms with E-state index in [1.54, 1.807) is 7.11 Å². The van der Waals surface area contributed by atoms with Gasteiger partial charge in [0.25, 0.3) is 5.09 Å². The highest BCUT2D eigenvalue weighted by atomic mass is 127. The molecule has 0 aromatic heterocycles. The Bertz CT molecular complexity index is 258. The van der Waals surface area contributed by atoms with Crippen LogP contribution in [0.3, 0.4) is 0 Å². The lowest BCUT2D eigenvalue weighted by molar-refractivity contribution is -0.742. The van der Waals surface area contributed by atoms with Crippen LogP contribution in [0.4, 0.5) is 0 Å². The average Bonchev–Trinajstić information content (AvgIpc) is 2.05. The summed E-state index contributed by atoms with van der Waals surface area (Å²) in [4.78, 5) is 8.36. The van der Waals surface area contributed by atoms with Crippen molar-refractivity contribution in [2.75, 3.05) is 7.11 Å². The Morgan fingerprint density at radius 2 is 1.85 bits per heavy atom. The van der Waals surface area contributed by atoms with Gasteiger partial charge in [-0.3, -0.25) is 0 Å². The second kappa shape index (κ2) is 6.46. The molecule has 0 aliphatic rings. The maximum atomic E-state index is 8.36. The van der Waals surface area contributed by atoms with Gasteiger partial charge in [-0.05, 0) is 46.9 Å². The molecule has 0 unspecified atom stereocenters. The van der Waals surface area contributed by atoms with E-state index in [1.165, 1.54) is 3.57 Å². The third-order valence-corrected chi connectivity index (χ3v) is 1.77. The largest absolute Gasteiger partial charge is 0.497 e. The molecular weight excluding hydrogens is 289 g/mol. The maximum Gasteiger partial charge on any atom is 0.291 e. The van der Waals surface area contributed by atoms with Gasteiger partial charge in [0.2, 0.25) is 0 Å². The molecule has 0 aliphatic carbocycles. The van der Waals surface area contributed by atoms with E-state index in [4.69, 9.17) is 20.1 Å². The zero-order valence-corrected chi connectivity index (χ0v) is 8.96. The summed E-state index contributed by atoms with van der Waals surface area (Å²) in [6.45, 7) is 0. The minimum Gasteiger partial charge on any atom is -0.497 e. The van der Waals surface area contributed by atoms with E-state index in [1.807, 2.05) is 24.3 Å². The van der Waals surface area contributed by atoms with Gasteiger partial charge >= 0.3 is 0 Å². The number of halogens is 1. The number of nitrogens with zero attached hydrogens (tertiary/aromatic N) is 1. The van der Waals surface area contributed by atoms with Crippen LogP contribution in [0.25, 0.3) is 0 Å². The SMILES string of the molecule is COc1ccc(I)cc1.O=[N+]([O-])O. The van der Waals surface area contributed by atoms with E-state index in [9.17, 15) is 0 Å². The van der Waals surface area contributed by atoms with E-state index in [-0.39, 0.29) is 0 Å². The van der Waals surface area contributed by atoms with Crippen LogP contribution >= 0.6 is 22.6 Å². The molecule has 1 aromatic carbocycles. The highest BCUT2D eigenvalue weighted by molar-refractivity contribution is 14.1. The summed E-state index contributed by atoms with van der Waals surface area (Å²) in [6, 6.07) is 7.92. The van der Waals surface area contributed by atoms with Crippen molar-refractivity contribution in [3.05, 3.63) is 37.9 Å². The standard InChI is InChI=1S/C7H7IO.HNO3/c1-9-7-4-2-6(8)3-5-7;2-1(3)4/h2-5H,1H3;(H,2,3,4). The average molecular weight is 297 g/mol. The molecule has 0 spiro atoms. The summed E-state index contributed by atoms with van der Waals surface area (Å²) in [6.07, 6.45) is 0. The number of benzene rings is 1. The van der Waals surface area contributed by atoms with Gasteiger partial charge in [-0.15, -0.1) is 10.1 Å². The van der Waals surface area contributed by atoms with Crippen molar-refractivity contribution in [1.82, 2.24) is 0 Å². The van der Waals surface area contributed by atoms with Gasteiger partial charge in [0, 0.05) is 3.57 Å². The lowest BCUT2D eigenvalue weighted by atomic mass is 10.3. The lowest BCUT2D eigenvalue weighted by Gasteiger charge is -1.96. The Kier molecular flexibility index (Phi) is 5.94. The van der Waals surface area contributed by atoms with Crippen LogP contribution in [0, 0.1) is 13.7 Å². The van der Waals surface area contributed by atoms with Gasteiger partial charge in [0.15, 0.2) is 0 Å².